The van der Waals surface area contributed by atoms with E-state index in [1.807, 2.05) is 48.5 Å². The molecule has 3 aromatic heterocycles. The van der Waals surface area contributed by atoms with E-state index in [1.54, 1.807) is 41.6 Å². The number of carbonyl (C=O) groups is 1. The quantitative estimate of drug-likeness (QED) is 0.526. The van der Waals surface area contributed by atoms with Gasteiger partial charge in [-0.2, -0.15) is 5.10 Å². The van der Waals surface area contributed by atoms with Crippen LogP contribution in [0.1, 0.15) is 5.56 Å². The molecule has 0 aliphatic carbocycles. The molecule has 0 spiro atoms. The first-order chi connectivity index (χ1) is 14.3. The van der Waals surface area contributed by atoms with Crippen LogP contribution in [0.25, 0.3) is 5.82 Å². The van der Waals surface area contributed by atoms with E-state index in [0.29, 0.717) is 23.1 Å². The van der Waals surface area contributed by atoms with Crippen molar-refractivity contribution in [2.24, 2.45) is 0 Å². The summed E-state index contributed by atoms with van der Waals surface area (Å²) >= 11 is 0. The maximum absolute atomic E-state index is 12.4. The number of anilines is 1. The second kappa shape index (κ2) is 8.66. The van der Waals surface area contributed by atoms with Crippen LogP contribution in [0.5, 0.6) is 11.6 Å². The van der Waals surface area contributed by atoms with Crippen LogP contribution in [-0.2, 0) is 6.54 Å². The topological polar surface area (TPSA) is 94.0 Å². The third kappa shape index (κ3) is 4.56. The fourth-order valence-corrected chi connectivity index (χ4v) is 2.68. The number of amides is 2. The molecule has 1 aromatic carbocycles. The number of rotatable bonds is 6. The number of ether oxygens (including phenoxy) is 1. The van der Waals surface area contributed by atoms with E-state index in [1.165, 1.54) is 0 Å². The molecule has 29 heavy (non-hydrogen) atoms. The second-order valence-corrected chi connectivity index (χ2v) is 6.02. The van der Waals surface area contributed by atoms with E-state index < -0.39 is 0 Å². The molecule has 0 radical (unpaired) electrons. The molecular formula is C21H18N6O2. The van der Waals surface area contributed by atoms with Crippen molar-refractivity contribution >= 4 is 11.7 Å². The summed E-state index contributed by atoms with van der Waals surface area (Å²) in [6.07, 6.45) is 6.76. The van der Waals surface area contributed by atoms with Gasteiger partial charge in [-0.25, -0.2) is 19.4 Å². The van der Waals surface area contributed by atoms with Crippen LogP contribution in [0.15, 0.2) is 85.5 Å². The highest BCUT2D eigenvalue weighted by Crippen LogP contribution is 2.26. The zero-order valence-electron chi connectivity index (χ0n) is 15.4. The van der Waals surface area contributed by atoms with Gasteiger partial charge in [0.25, 0.3) is 0 Å². The Labute approximate surface area is 167 Å². The molecule has 0 saturated heterocycles. The van der Waals surface area contributed by atoms with E-state index in [0.717, 1.165) is 5.56 Å². The van der Waals surface area contributed by atoms with E-state index in [4.69, 9.17) is 4.74 Å². The summed E-state index contributed by atoms with van der Waals surface area (Å²) in [7, 11) is 0. The molecule has 0 atom stereocenters. The molecule has 8 nitrogen and oxygen atoms in total. The number of nitrogens with zero attached hydrogens (tertiary/aromatic N) is 4. The van der Waals surface area contributed by atoms with Crippen molar-refractivity contribution in [1.82, 2.24) is 25.1 Å². The number of aromatic nitrogens is 4. The molecule has 3 heterocycles. The largest absolute Gasteiger partial charge is 0.437 e. The van der Waals surface area contributed by atoms with Gasteiger partial charge in [-0.15, -0.1) is 0 Å². The zero-order valence-corrected chi connectivity index (χ0v) is 15.4. The molecule has 0 aliphatic heterocycles. The van der Waals surface area contributed by atoms with E-state index in [9.17, 15) is 4.79 Å². The maximum atomic E-state index is 12.4. The Kier molecular flexibility index (Phi) is 5.43. The van der Waals surface area contributed by atoms with Crippen molar-refractivity contribution < 1.29 is 9.53 Å². The summed E-state index contributed by atoms with van der Waals surface area (Å²) in [6.45, 7) is 0.282. The molecule has 0 unspecified atom stereocenters. The van der Waals surface area contributed by atoms with Gasteiger partial charge in [0, 0.05) is 36.9 Å². The van der Waals surface area contributed by atoms with E-state index in [-0.39, 0.29) is 12.6 Å². The minimum Gasteiger partial charge on any atom is -0.437 e. The molecule has 8 heteroatoms. The van der Waals surface area contributed by atoms with Gasteiger partial charge in [0.1, 0.15) is 11.4 Å². The molecule has 144 valence electrons. The van der Waals surface area contributed by atoms with Gasteiger partial charge >= 0.3 is 6.03 Å². The minimum absolute atomic E-state index is 0.282. The highest BCUT2D eigenvalue weighted by Gasteiger charge is 2.11. The smallest absolute Gasteiger partial charge is 0.319 e. The van der Waals surface area contributed by atoms with Crippen LogP contribution < -0.4 is 15.4 Å². The molecule has 4 rings (SSSR count). The predicted octanol–water partition coefficient (Wildman–Crippen LogP) is 3.78. The number of hydrogen-bond acceptors (Lipinski definition) is 5. The van der Waals surface area contributed by atoms with Crippen molar-refractivity contribution in [2.45, 2.75) is 6.54 Å². The summed E-state index contributed by atoms with van der Waals surface area (Å²) in [4.78, 5) is 21.0. The maximum Gasteiger partial charge on any atom is 0.319 e. The third-order valence-corrected chi connectivity index (χ3v) is 4.01. The Morgan fingerprint density at radius 2 is 1.76 bits per heavy atom. The first-order valence-electron chi connectivity index (χ1n) is 8.96. The lowest BCUT2D eigenvalue weighted by Crippen LogP contribution is -2.29. The predicted molar refractivity (Wildman–Crippen MR) is 108 cm³/mol. The van der Waals surface area contributed by atoms with Crippen LogP contribution >= 0.6 is 0 Å². The van der Waals surface area contributed by atoms with Gasteiger partial charge < -0.3 is 15.4 Å². The monoisotopic (exact) mass is 386 g/mol. The Morgan fingerprint density at radius 1 is 0.931 bits per heavy atom. The number of para-hydroxylation sites is 1. The molecule has 2 amide bonds. The summed E-state index contributed by atoms with van der Waals surface area (Å²) < 4.78 is 7.42. The van der Waals surface area contributed by atoms with Crippen LogP contribution in [0.3, 0.4) is 0 Å². The summed E-state index contributed by atoms with van der Waals surface area (Å²) in [5.74, 6) is 1.61. The van der Waals surface area contributed by atoms with Crippen molar-refractivity contribution in [3.63, 3.8) is 0 Å². The Balaban J connectivity index is 1.43. The molecular weight excluding hydrogens is 368 g/mol. The highest BCUT2D eigenvalue weighted by atomic mass is 16.5. The fraction of sp³-hybridized carbons (Fsp3) is 0.0476. The lowest BCUT2D eigenvalue weighted by molar-refractivity contribution is 0.251. The lowest BCUT2D eigenvalue weighted by Gasteiger charge is -2.13. The van der Waals surface area contributed by atoms with Crippen molar-refractivity contribution in [3.05, 3.63) is 91.0 Å². The van der Waals surface area contributed by atoms with Crippen LogP contribution in [0.4, 0.5) is 10.5 Å². The van der Waals surface area contributed by atoms with Gasteiger partial charge in [0.05, 0.1) is 0 Å². The van der Waals surface area contributed by atoms with Crippen LogP contribution in [-0.4, -0.2) is 25.8 Å². The lowest BCUT2D eigenvalue weighted by atomic mass is 10.2. The van der Waals surface area contributed by atoms with Gasteiger partial charge in [-0.3, -0.25) is 0 Å². The van der Waals surface area contributed by atoms with Gasteiger partial charge in [0.2, 0.25) is 5.88 Å². The normalized spacial score (nSPS) is 10.3. The van der Waals surface area contributed by atoms with Gasteiger partial charge in [0.15, 0.2) is 5.82 Å². The number of urea groups is 1. The fourth-order valence-electron chi connectivity index (χ4n) is 2.68. The van der Waals surface area contributed by atoms with Crippen LogP contribution in [0, 0.1) is 0 Å². The number of nitrogens with one attached hydrogen (secondary N) is 2. The average molecular weight is 386 g/mol. The molecule has 2 N–H and O–H groups in total. The molecule has 0 aliphatic rings. The third-order valence-electron chi connectivity index (χ3n) is 4.01. The Bertz CT molecular complexity index is 1080. The standard InChI is InChI=1S/C21H18N6O2/c28-21(24-15-16-7-4-11-22-19(16)27-14-6-13-25-27)26-18-10-5-12-23-20(18)29-17-8-2-1-3-9-17/h1-14H,15H2,(H2,24,26,28). The second-order valence-electron chi connectivity index (χ2n) is 6.02. The number of carbonyl (C=O) groups excluding carboxylic acids is 1. The van der Waals surface area contributed by atoms with Crippen molar-refractivity contribution in [3.8, 4) is 17.4 Å². The Hall–Kier alpha value is -4.20. The molecule has 4 aromatic rings. The van der Waals surface area contributed by atoms with Gasteiger partial charge in [-0.05, 0) is 36.4 Å². The van der Waals surface area contributed by atoms with E-state index >= 15 is 0 Å². The molecule has 0 fully saturated rings. The van der Waals surface area contributed by atoms with Gasteiger partial charge in [-0.1, -0.05) is 24.3 Å². The highest BCUT2D eigenvalue weighted by molar-refractivity contribution is 5.90. The van der Waals surface area contributed by atoms with E-state index in [2.05, 4.69) is 25.7 Å². The Morgan fingerprint density at radius 3 is 2.59 bits per heavy atom. The number of benzene rings is 1. The van der Waals surface area contributed by atoms with Crippen molar-refractivity contribution in [2.75, 3.05) is 5.32 Å². The first kappa shape index (κ1) is 18.2. The average Bonchev–Trinajstić information content (AvgIpc) is 3.29. The van der Waals surface area contributed by atoms with Crippen LogP contribution in [0.2, 0.25) is 0 Å². The number of pyridine rings is 2. The first-order valence-corrected chi connectivity index (χ1v) is 8.96. The number of hydrogen-bond donors (Lipinski definition) is 2. The molecule has 0 saturated carbocycles. The minimum atomic E-state index is -0.383. The SMILES string of the molecule is O=C(NCc1cccnc1-n1cccn1)Nc1cccnc1Oc1ccccc1. The summed E-state index contributed by atoms with van der Waals surface area (Å²) in [5, 5.41) is 9.80. The summed E-state index contributed by atoms with van der Waals surface area (Å²) in [5.41, 5.74) is 1.30. The van der Waals surface area contributed by atoms with Crippen molar-refractivity contribution in [1.29, 1.82) is 0 Å². The molecule has 0 bridgehead atoms. The zero-order chi connectivity index (χ0) is 19.9. The summed E-state index contributed by atoms with van der Waals surface area (Å²) in [6, 6.07) is 17.8.